The molecule has 0 aliphatic carbocycles. The van der Waals surface area contributed by atoms with Crippen LogP contribution in [0.25, 0.3) is 0 Å². The van der Waals surface area contributed by atoms with E-state index in [0.717, 1.165) is 6.07 Å². The third-order valence-electron chi connectivity index (χ3n) is 2.44. The minimum absolute atomic E-state index is 0.00337. The molecule has 0 spiro atoms. The minimum atomic E-state index is -3.48. The number of benzene rings is 1. The van der Waals surface area contributed by atoms with E-state index in [1.54, 1.807) is 24.3 Å². The summed E-state index contributed by atoms with van der Waals surface area (Å²) < 4.78 is 28.6. The summed E-state index contributed by atoms with van der Waals surface area (Å²) in [5.74, 6) is -1.87. The zero-order valence-corrected chi connectivity index (χ0v) is 11.7. The predicted molar refractivity (Wildman–Crippen MR) is 71.2 cm³/mol. The first-order valence-corrected chi connectivity index (χ1v) is 7.69. The summed E-state index contributed by atoms with van der Waals surface area (Å²) in [6.45, 7) is 0. The van der Waals surface area contributed by atoms with Gasteiger partial charge in [0, 0.05) is 11.1 Å². The van der Waals surface area contributed by atoms with Crippen molar-refractivity contribution in [2.75, 3.05) is 0 Å². The normalized spacial score (nSPS) is 11.4. The van der Waals surface area contributed by atoms with Crippen LogP contribution in [0.3, 0.4) is 0 Å². The van der Waals surface area contributed by atoms with Crippen LogP contribution in [0, 0.1) is 0 Å². The molecule has 1 N–H and O–H groups in total. The zero-order chi connectivity index (χ0) is 14.8. The minimum Gasteiger partial charge on any atom is -0.476 e. The molecule has 2 aromatic rings. The van der Waals surface area contributed by atoms with Crippen molar-refractivity contribution >= 4 is 27.4 Å². The highest BCUT2D eigenvalue weighted by Gasteiger charge is 2.18. The number of aromatic carboxylic acids is 1. The fraction of sp³-hybridized carbons (Fsp3) is 0.167. The molecular formula is C12H10ClNO5S. The lowest BCUT2D eigenvalue weighted by molar-refractivity contribution is 0.0685. The maximum Gasteiger partial charge on any atom is 0.358 e. The van der Waals surface area contributed by atoms with Crippen LogP contribution in [0.2, 0.25) is 5.02 Å². The number of hydrogen-bond acceptors (Lipinski definition) is 5. The van der Waals surface area contributed by atoms with Crippen LogP contribution < -0.4 is 0 Å². The van der Waals surface area contributed by atoms with Gasteiger partial charge in [-0.1, -0.05) is 28.9 Å². The Morgan fingerprint density at radius 1 is 1.25 bits per heavy atom. The number of carboxylic acid groups (broad SMARTS) is 1. The molecule has 0 fully saturated rings. The van der Waals surface area contributed by atoms with Crippen LogP contribution in [-0.2, 0) is 21.3 Å². The maximum absolute atomic E-state index is 12.0. The van der Waals surface area contributed by atoms with Crippen LogP contribution in [0.15, 0.2) is 34.9 Å². The molecule has 0 amide bonds. The fourth-order valence-corrected chi connectivity index (χ4v) is 3.08. The maximum atomic E-state index is 12.0. The number of halogens is 1. The van der Waals surface area contributed by atoms with Crippen molar-refractivity contribution in [1.29, 1.82) is 0 Å². The Bertz CT molecular complexity index is 721. The molecule has 0 saturated heterocycles. The summed E-state index contributed by atoms with van der Waals surface area (Å²) in [5.41, 5.74) is 0.272. The van der Waals surface area contributed by atoms with Gasteiger partial charge in [-0.2, -0.15) is 0 Å². The van der Waals surface area contributed by atoms with Crippen LogP contribution in [-0.4, -0.2) is 24.7 Å². The Balaban J connectivity index is 2.10. The SMILES string of the molecule is O=C(O)c1cc(CS(=O)(=O)Cc2ccc(Cl)cc2)on1. The monoisotopic (exact) mass is 315 g/mol. The second-order valence-corrected chi connectivity index (χ2v) is 6.64. The lowest BCUT2D eigenvalue weighted by Crippen LogP contribution is -2.07. The number of sulfone groups is 1. The Morgan fingerprint density at radius 3 is 2.45 bits per heavy atom. The Kier molecular flexibility index (Phi) is 4.10. The van der Waals surface area contributed by atoms with Crippen molar-refractivity contribution in [3.05, 3.63) is 52.4 Å². The summed E-state index contributed by atoms with van der Waals surface area (Å²) in [5, 5.41) is 12.5. The Hall–Kier alpha value is -1.86. The second-order valence-electron chi connectivity index (χ2n) is 4.14. The molecular weight excluding hydrogens is 306 g/mol. The highest BCUT2D eigenvalue weighted by atomic mass is 35.5. The van der Waals surface area contributed by atoms with Crippen molar-refractivity contribution in [2.24, 2.45) is 0 Å². The molecule has 0 atom stereocenters. The van der Waals surface area contributed by atoms with Crippen molar-refractivity contribution in [3.63, 3.8) is 0 Å². The van der Waals surface area contributed by atoms with Crippen molar-refractivity contribution in [2.45, 2.75) is 11.5 Å². The topological polar surface area (TPSA) is 97.5 Å². The summed E-state index contributed by atoms with van der Waals surface area (Å²) in [6, 6.07) is 7.53. The molecule has 6 nitrogen and oxygen atoms in total. The van der Waals surface area contributed by atoms with Gasteiger partial charge >= 0.3 is 5.97 Å². The van der Waals surface area contributed by atoms with Gasteiger partial charge in [0.1, 0.15) is 5.75 Å². The van der Waals surface area contributed by atoms with E-state index in [0.29, 0.717) is 10.6 Å². The molecule has 20 heavy (non-hydrogen) atoms. The molecule has 1 aromatic heterocycles. The quantitative estimate of drug-likeness (QED) is 0.907. The molecule has 0 radical (unpaired) electrons. The van der Waals surface area contributed by atoms with Gasteiger partial charge in [-0.25, -0.2) is 13.2 Å². The number of hydrogen-bond donors (Lipinski definition) is 1. The van der Waals surface area contributed by atoms with Gasteiger partial charge in [0.15, 0.2) is 21.3 Å². The van der Waals surface area contributed by atoms with E-state index in [2.05, 4.69) is 9.68 Å². The summed E-state index contributed by atoms with van der Waals surface area (Å²) in [6.07, 6.45) is 0. The van der Waals surface area contributed by atoms with Gasteiger partial charge in [0.2, 0.25) is 0 Å². The number of aromatic nitrogens is 1. The van der Waals surface area contributed by atoms with Gasteiger partial charge in [-0.3, -0.25) is 0 Å². The molecule has 1 heterocycles. The number of carbonyl (C=O) groups is 1. The van der Waals surface area contributed by atoms with Crippen LogP contribution >= 0.6 is 11.6 Å². The van der Waals surface area contributed by atoms with E-state index < -0.39 is 21.6 Å². The smallest absolute Gasteiger partial charge is 0.358 e. The van der Waals surface area contributed by atoms with Gasteiger partial charge in [0.05, 0.1) is 5.75 Å². The number of nitrogens with zero attached hydrogens (tertiary/aromatic N) is 1. The molecule has 106 valence electrons. The predicted octanol–water partition coefficient (Wildman–Crippen LogP) is 2.14. The molecule has 1 aromatic carbocycles. The Labute approximate surface area is 119 Å². The second kappa shape index (κ2) is 5.64. The summed E-state index contributed by atoms with van der Waals surface area (Å²) >= 11 is 5.72. The van der Waals surface area contributed by atoms with E-state index in [9.17, 15) is 13.2 Å². The van der Waals surface area contributed by atoms with E-state index in [1.807, 2.05) is 0 Å². The zero-order valence-electron chi connectivity index (χ0n) is 10.1. The molecule has 2 rings (SSSR count). The summed E-state index contributed by atoms with van der Waals surface area (Å²) in [4.78, 5) is 10.6. The summed E-state index contributed by atoms with van der Waals surface area (Å²) in [7, 11) is -3.48. The highest BCUT2D eigenvalue weighted by Crippen LogP contribution is 2.15. The van der Waals surface area contributed by atoms with Crippen molar-refractivity contribution < 1.29 is 22.8 Å². The first kappa shape index (κ1) is 14.5. The van der Waals surface area contributed by atoms with Gasteiger partial charge < -0.3 is 9.63 Å². The largest absolute Gasteiger partial charge is 0.476 e. The van der Waals surface area contributed by atoms with E-state index >= 15 is 0 Å². The molecule has 0 aliphatic rings. The first-order valence-electron chi connectivity index (χ1n) is 5.49. The standard InChI is InChI=1S/C12H10ClNO5S/c13-9-3-1-8(2-4-9)6-20(17,18)7-10-5-11(12(15)16)14-19-10/h1-5H,6-7H2,(H,15,16). The molecule has 0 bridgehead atoms. The van der Waals surface area contributed by atoms with Gasteiger partial charge in [0.25, 0.3) is 0 Å². The van der Waals surface area contributed by atoms with E-state index in [1.165, 1.54) is 0 Å². The van der Waals surface area contributed by atoms with Crippen LogP contribution in [0.4, 0.5) is 0 Å². The molecule has 8 heteroatoms. The fourth-order valence-electron chi connectivity index (χ4n) is 1.58. The first-order chi connectivity index (χ1) is 9.35. The third kappa shape index (κ3) is 3.82. The average molecular weight is 316 g/mol. The van der Waals surface area contributed by atoms with Crippen molar-refractivity contribution in [3.8, 4) is 0 Å². The lowest BCUT2D eigenvalue weighted by Gasteiger charge is -2.02. The van der Waals surface area contributed by atoms with Crippen LogP contribution in [0.5, 0.6) is 0 Å². The number of rotatable bonds is 5. The lowest BCUT2D eigenvalue weighted by atomic mass is 10.2. The molecule has 0 aliphatic heterocycles. The number of carboxylic acids is 1. The van der Waals surface area contributed by atoms with Crippen LogP contribution in [0.1, 0.15) is 21.8 Å². The van der Waals surface area contributed by atoms with Gasteiger partial charge in [-0.15, -0.1) is 0 Å². The van der Waals surface area contributed by atoms with E-state index in [-0.39, 0.29) is 17.2 Å². The molecule has 0 saturated carbocycles. The van der Waals surface area contributed by atoms with Gasteiger partial charge in [-0.05, 0) is 17.7 Å². The molecule has 0 unspecified atom stereocenters. The Morgan fingerprint density at radius 2 is 1.90 bits per heavy atom. The van der Waals surface area contributed by atoms with Crippen molar-refractivity contribution in [1.82, 2.24) is 5.16 Å². The highest BCUT2D eigenvalue weighted by molar-refractivity contribution is 7.89. The third-order valence-corrected chi connectivity index (χ3v) is 4.19. The van der Waals surface area contributed by atoms with E-state index in [4.69, 9.17) is 16.7 Å². The average Bonchev–Trinajstić information content (AvgIpc) is 2.79.